The van der Waals surface area contributed by atoms with Crippen molar-refractivity contribution >= 4 is 17.2 Å². The van der Waals surface area contributed by atoms with Gasteiger partial charge in [-0.25, -0.2) is 4.98 Å². The summed E-state index contributed by atoms with van der Waals surface area (Å²) in [6.07, 6.45) is 0.695. The number of nitrogens with zero attached hydrogens (tertiary/aromatic N) is 2. The number of aromatic nitrogens is 3. The Balaban J connectivity index is 1.70. The Kier molecular flexibility index (Phi) is 4.99. The summed E-state index contributed by atoms with van der Waals surface area (Å²) in [4.78, 5) is 18.3. The number of carbonyl (C=O) groups is 1. The molecule has 25 heavy (non-hydrogen) atoms. The quantitative estimate of drug-likeness (QED) is 0.732. The zero-order chi connectivity index (χ0) is 18.0. The molecule has 6 heteroatoms. The summed E-state index contributed by atoms with van der Waals surface area (Å²) < 4.78 is 0. The average Bonchev–Trinajstić information content (AvgIpc) is 3.13. The lowest BCUT2D eigenvalue weighted by Gasteiger charge is -2.13. The van der Waals surface area contributed by atoms with Crippen molar-refractivity contribution in [2.45, 2.75) is 40.2 Å². The SMILES string of the molecule is Cc1cc(C[C@H](C)NC(=O)c2cccc(-c3nc(C)c(C)s3)c2)n[nH]1. The average molecular weight is 354 g/mol. The van der Waals surface area contributed by atoms with Gasteiger partial charge < -0.3 is 5.32 Å². The zero-order valence-electron chi connectivity index (χ0n) is 14.9. The number of amides is 1. The third kappa shape index (κ3) is 4.14. The van der Waals surface area contributed by atoms with Crippen molar-refractivity contribution in [1.82, 2.24) is 20.5 Å². The van der Waals surface area contributed by atoms with Gasteiger partial charge in [0.25, 0.3) is 5.91 Å². The van der Waals surface area contributed by atoms with E-state index in [2.05, 4.69) is 27.4 Å². The molecule has 2 aromatic heterocycles. The predicted molar refractivity (Wildman–Crippen MR) is 101 cm³/mol. The molecule has 0 aliphatic heterocycles. The molecule has 0 fully saturated rings. The first kappa shape index (κ1) is 17.4. The van der Waals surface area contributed by atoms with E-state index in [1.807, 2.05) is 51.1 Å². The monoisotopic (exact) mass is 354 g/mol. The van der Waals surface area contributed by atoms with Gasteiger partial charge in [-0.3, -0.25) is 9.89 Å². The van der Waals surface area contributed by atoms with Gasteiger partial charge in [0.2, 0.25) is 0 Å². The number of aryl methyl sites for hydroxylation is 3. The van der Waals surface area contributed by atoms with Crippen LogP contribution < -0.4 is 5.32 Å². The largest absolute Gasteiger partial charge is 0.349 e. The standard InChI is InChI=1S/C19H22N4OS/c1-11(8-17-9-12(2)22-23-17)20-18(24)15-6-5-7-16(10-15)19-21-13(3)14(4)25-19/h5-7,9-11H,8H2,1-4H3,(H,20,24)(H,22,23)/t11-/m0/s1. The van der Waals surface area contributed by atoms with Gasteiger partial charge in [0, 0.05) is 34.2 Å². The molecule has 3 aromatic rings. The van der Waals surface area contributed by atoms with Crippen LogP contribution in [0.2, 0.25) is 0 Å². The van der Waals surface area contributed by atoms with Crippen molar-refractivity contribution in [3.05, 3.63) is 57.9 Å². The van der Waals surface area contributed by atoms with Crippen molar-refractivity contribution in [3.63, 3.8) is 0 Å². The Morgan fingerprint density at radius 2 is 2.08 bits per heavy atom. The Hall–Kier alpha value is -2.47. The maximum atomic E-state index is 12.5. The van der Waals surface area contributed by atoms with E-state index in [1.54, 1.807) is 11.3 Å². The third-order valence-electron chi connectivity index (χ3n) is 4.05. The van der Waals surface area contributed by atoms with Gasteiger partial charge in [-0.05, 0) is 45.9 Å². The van der Waals surface area contributed by atoms with Gasteiger partial charge in [0.1, 0.15) is 5.01 Å². The van der Waals surface area contributed by atoms with Gasteiger partial charge in [-0.1, -0.05) is 12.1 Å². The molecule has 1 aromatic carbocycles. The zero-order valence-corrected chi connectivity index (χ0v) is 15.7. The van der Waals surface area contributed by atoms with Gasteiger partial charge in [0.15, 0.2) is 0 Å². The minimum atomic E-state index is -0.0772. The smallest absolute Gasteiger partial charge is 0.251 e. The highest BCUT2D eigenvalue weighted by molar-refractivity contribution is 7.15. The van der Waals surface area contributed by atoms with Crippen LogP contribution in [0.3, 0.4) is 0 Å². The number of aromatic amines is 1. The molecule has 1 atom stereocenters. The van der Waals surface area contributed by atoms with Crippen molar-refractivity contribution in [3.8, 4) is 10.6 Å². The molecular formula is C19H22N4OS. The number of hydrogen-bond donors (Lipinski definition) is 2. The lowest BCUT2D eigenvalue weighted by molar-refractivity contribution is 0.0940. The Morgan fingerprint density at radius 3 is 2.72 bits per heavy atom. The molecule has 0 radical (unpaired) electrons. The second-order valence-electron chi connectivity index (χ2n) is 6.36. The molecule has 5 nitrogen and oxygen atoms in total. The van der Waals surface area contributed by atoms with E-state index >= 15 is 0 Å². The number of carbonyl (C=O) groups excluding carboxylic acids is 1. The molecule has 2 N–H and O–H groups in total. The highest BCUT2D eigenvalue weighted by Gasteiger charge is 2.13. The molecule has 130 valence electrons. The van der Waals surface area contributed by atoms with Crippen LogP contribution in [0.15, 0.2) is 30.3 Å². The first-order valence-electron chi connectivity index (χ1n) is 8.28. The van der Waals surface area contributed by atoms with Crippen LogP contribution in [0.1, 0.15) is 39.2 Å². The van der Waals surface area contributed by atoms with E-state index in [4.69, 9.17) is 0 Å². The van der Waals surface area contributed by atoms with Crippen molar-refractivity contribution < 1.29 is 4.79 Å². The van der Waals surface area contributed by atoms with E-state index in [0.29, 0.717) is 12.0 Å². The molecule has 0 spiro atoms. The molecule has 1 amide bonds. The molecule has 3 rings (SSSR count). The van der Waals surface area contributed by atoms with Gasteiger partial charge in [0.05, 0.1) is 11.4 Å². The maximum absolute atomic E-state index is 12.5. The number of hydrogen-bond acceptors (Lipinski definition) is 4. The second-order valence-corrected chi connectivity index (χ2v) is 7.57. The normalized spacial score (nSPS) is 12.2. The first-order chi connectivity index (χ1) is 11.9. The molecular weight excluding hydrogens is 332 g/mol. The van der Waals surface area contributed by atoms with Gasteiger partial charge in [-0.2, -0.15) is 5.10 Å². The predicted octanol–water partition coefficient (Wildman–Crippen LogP) is 3.82. The Morgan fingerprint density at radius 1 is 1.28 bits per heavy atom. The van der Waals surface area contributed by atoms with Crippen LogP contribution in [0, 0.1) is 20.8 Å². The van der Waals surface area contributed by atoms with Crippen molar-refractivity contribution in [2.75, 3.05) is 0 Å². The summed E-state index contributed by atoms with van der Waals surface area (Å²) in [5, 5.41) is 11.1. The van der Waals surface area contributed by atoms with Crippen molar-refractivity contribution in [2.24, 2.45) is 0 Å². The molecule has 0 saturated heterocycles. The summed E-state index contributed by atoms with van der Waals surface area (Å²) >= 11 is 1.65. The minimum absolute atomic E-state index is 0.00297. The van der Waals surface area contributed by atoms with E-state index < -0.39 is 0 Å². The van der Waals surface area contributed by atoms with Crippen LogP contribution in [0.4, 0.5) is 0 Å². The Bertz CT molecular complexity index is 877. The summed E-state index contributed by atoms with van der Waals surface area (Å²) in [6.45, 7) is 8.02. The number of thiazole rings is 1. The summed E-state index contributed by atoms with van der Waals surface area (Å²) in [7, 11) is 0. The molecule has 0 saturated carbocycles. The lowest BCUT2D eigenvalue weighted by atomic mass is 10.1. The van der Waals surface area contributed by atoms with Crippen molar-refractivity contribution in [1.29, 1.82) is 0 Å². The first-order valence-corrected chi connectivity index (χ1v) is 9.10. The highest BCUT2D eigenvalue weighted by atomic mass is 32.1. The molecule has 0 unspecified atom stereocenters. The fourth-order valence-corrected chi connectivity index (χ4v) is 3.55. The van der Waals surface area contributed by atoms with E-state index in [1.165, 1.54) is 4.88 Å². The molecule has 0 bridgehead atoms. The van der Waals surface area contributed by atoms with E-state index in [9.17, 15) is 4.79 Å². The van der Waals surface area contributed by atoms with Gasteiger partial charge >= 0.3 is 0 Å². The molecule has 2 heterocycles. The minimum Gasteiger partial charge on any atom is -0.349 e. The lowest BCUT2D eigenvalue weighted by Crippen LogP contribution is -2.34. The number of benzene rings is 1. The molecule has 0 aliphatic carbocycles. The highest BCUT2D eigenvalue weighted by Crippen LogP contribution is 2.27. The van der Waals surface area contributed by atoms with Crippen LogP contribution in [0.25, 0.3) is 10.6 Å². The summed E-state index contributed by atoms with van der Waals surface area (Å²) in [5.41, 5.74) is 4.64. The third-order valence-corrected chi connectivity index (χ3v) is 5.17. The van der Waals surface area contributed by atoms with Crippen LogP contribution in [0.5, 0.6) is 0 Å². The fourth-order valence-electron chi connectivity index (χ4n) is 2.64. The van der Waals surface area contributed by atoms with Crippen LogP contribution in [-0.4, -0.2) is 27.1 Å². The van der Waals surface area contributed by atoms with Crippen LogP contribution in [-0.2, 0) is 6.42 Å². The number of nitrogens with one attached hydrogen (secondary N) is 2. The summed E-state index contributed by atoms with van der Waals surface area (Å²) in [5.74, 6) is -0.0772. The van der Waals surface area contributed by atoms with E-state index in [-0.39, 0.29) is 11.9 Å². The summed E-state index contributed by atoms with van der Waals surface area (Å²) in [6, 6.07) is 9.62. The second kappa shape index (κ2) is 7.19. The number of rotatable bonds is 5. The topological polar surface area (TPSA) is 70.7 Å². The van der Waals surface area contributed by atoms with Crippen LogP contribution >= 0.6 is 11.3 Å². The number of H-pyrrole nitrogens is 1. The Labute approximate surface area is 151 Å². The maximum Gasteiger partial charge on any atom is 0.251 e. The van der Waals surface area contributed by atoms with E-state index in [0.717, 1.165) is 27.7 Å². The fraction of sp³-hybridized carbons (Fsp3) is 0.316. The molecule has 0 aliphatic rings. The van der Waals surface area contributed by atoms with Gasteiger partial charge in [-0.15, -0.1) is 11.3 Å².